The standard InChI is InChI=1S/C20H41N3/c1-16-13-22(20(6,7)8)14-17(2)23(16)15-18-9-11-21(12-10-18)19(3,4)5/h16-18H,9-15H2,1-8H3/t16-,17-/m0/s1. The maximum atomic E-state index is 2.79. The van der Waals surface area contributed by atoms with Crippen LogP contribution in [0.2, 0.25) is 0 Å². The molecule has 136 valence electrons. The van der Waals surface area contributed by atoms with Crippen molar-refractivity contribution < 1.29 is 0 Å². The molecule has 0 radical (unpaired) electrons. The van der Waals surface area contributed by atoms with Crippen LogP contribution in [0.5, 0.6) is 0 Å². The van der Waals surface area contributed by atoms with Gasteiger partial charge in [0.1, 0.15) is 0 Å². The lowest BCUT2D eigenvalue weighted by Gasteiger charge is -2.51. The zero-order chi connectivity index (χ0) is 17.4. The molecule has 0 bridgehead atoms. The summed E-state index contributed by atoms with van der Waals surface area (Å²) in [7, 11) is 0. The Bertz CT molecular complexity index is 359. The summed E-state index contributed by atoms with van der Waals surface area (Å²) in [5, 5.41) is 0. The summed E-state index contributed by atoms with van der Waals surface area (Å²) in [5.41, 5.74) is 0.635. The lowest BCUT2D eigenvalue weighted by molar-refractivity contribution is -0.0206. The topological polar surface area (TPSA) is 9.72 Å². The van der Waals surface area contributed by atoms with Gasteiger partial charge in [0.15, 0.2) is 0 Å². The van der Waals surface area contributed by atoms with Gasteiger partial charge in [-0.15, -0.1) is 0 Å². The highest BCUT2D eigenvalue weighted by Crippen LogP contribution is 2.28. The van der Waals surface area contributed by atoms with E-state index < -0.39 is 0 Å². The zero-order valence-corrected chi connectivity index (χ0v) is 17.0. The second-order valence-corrected chi connectivity index (χ2v) is 10.1. The van der Waals surface area contributed by atoms with Gasteiger partial charge in [-0.25, -0.2) is 0 Å². The van der Waals surface area contributed by atoms with E-state index in [4.69, 9.17) is 0 Å². The average Bonchev–Trinajstić information content (AvgIpc) is 2.41. The van der Waals surface area contributed by atoms with Crippen LogP contribution in [0.4, 0.5) is 0 Å². The van der Waals surface area contributed by atoms with Gasteiger partial charge in [-0.3, -0.25) is 14.7 Å². The van der Waals surface area contributed by atoms with Crippen LogP contribution < -0.4 is 0 Å². The fraction of sp³-hybridized carbons (Fsp3) is 1.00. The van der Waals surface area contributed by atoms with Crippen LogP contribution in [0.3, 0.4) is 0 Å². The number of nitrogens with zero attached hydrogens (tertiary/aromatic N) is 3. The molecule has 2 atom stereocenters. The van der Waals surface area contributed by atoms with E-state index >= 15 is 0 Å². The Morgan fingerprint density at radius 1 is 0.739 bits per heavy atom. The number of hydrogen-bond acceptors (Lipinski definition) is 3. The molecule has 23 heavy (non-hydrogen) atoms. The molecule has 0 aromatic carbocycles. The SMILES string of the molecule is C[C@H]1CN(C(C)(C)C)C[C@H](C)N1CC1CCN(C(C)(C)C)CC1. The largest absolute Gasteiger partial charge is 0.298 e. The summed E-state index contributed by atoms with van der Waals surface area (Å²) in [6.07, 6.45) is 2.74. The molecule has 0 amide bonds. The number of piperidine rings is 1. The van der Waals surface area contributed by atoms with E-state index in [1.54, 1.807) is 0 Å². The third-order valence-corrected chi connectivity index (χ3v) is 6.08. The molecule has 2 aliphatic rings. The molecule has 0 spiro atoms. The Hall–Kier alpha value is -0.120. The summed E-state index contributed by atoms with van der Waals surface area (Å²) >= 11 is 0. The highest BCUT2D eigenvalue weighted by atomic mass is 15.3. The van der Waals surface area contributed by atoms with Crippen LogP contribution in [0.1, 0.15) is 68.2 Å². The number of piperazine rings is 1. The van der Waals surface area contributed by atoms with E-state index in [-0.39, 0.29) is 0 Å². The molecule has 0 aliphatic carbocycles. The van der Waals surface area contributed by atoms with E-state index in [1.165, 1.54) is 45.6 Å². The van der Waals surface area contributed by atoms with Gasteiger partial charge >= 0.3 is 0 Å². The second kappa shape index (κ2) is 7.01. The molecule has 0 N–H and O–H groups in total. The molecule has 2 fully saturated rings. The lowest BCUT2D eigenvalue weighted by Crippen LogP contribution is -2.62. The highest BCUT2D eigenvalue weighted by molar-refractivity contribution is 4.92. The molecule has 2 aliphatic heterocycles. The van der Waals surface area contributed by atoms with Crippen molar-refractivity contribution in [3.63, 3.8) is 0 Å². The second-order valence-electron chi connectivity index (χ2n) is 10.1. The van der Waals surface area contributed by atoms with Crippen molar-refractivity contribution in [1.29, 1.82) is 0 Å². The number of hydrogen-bond donors (Lipinski definition) is 0. The van der Waals surface area contributed by atoms with Crippen LogP contribution in [-0.4, -0.2) is 70.6 Å². The predicted octanol–water partition coefficient (Wildman–Crippen LogP) is 3.69. The average molecular weight is 324 g/mol. The van der Waals surface area contributed by atoms with E-state index in [0.29, 0.717) is 23.2 Å². The van der Waals surface area contributed by atoms with Gasteiger partial charge in [0.25, 0.3) is 0 Å². The van der Waals surface area contributed by atoms with Gasteiger partial charge in [0.2, 0.25) is 0 Å². The molecule has 0 aromatic heterocycles. The van der Waals surface area contributed by atoms with Crippen LogP contribution in [0, 0.1) is 5.92 Å². The first-order valence-corrected chi connectivity index (χ1v) is 9.74. The molecular weight excluding hydrogens is 282 g/mol. The van der Waals surface area contributed by atoms with E-state index in [2.05, 4.69) is 70.1 Å². The number of rotatable bonds is 2. The summed E-state index contributed by atoms with van der Waals surface area (Å²) in [4.78, 5) is 8.12. The molecule has 2 heterocycles. The first-order valence-electron chi connectivity index (χ1n) is 9.74. The Morgan fingerprint density at radius 3 is 1.57 bits per heavy atom. The fourth-order valence-corrected chi connectivity index (χ4v) is 4.35. The highest BCUT2D eigenvalue weighted by Gasteiger charge is 2.36. The minimum Gasteiger partial charge on any atom is -0.298 e. The first-order chi connectivity index (χ1) is 10.5. The first kappa shape index (κ1) is 19.2. The third-order valence-electron chi connectivity index (χ3n) is 6.08. The molecule has 0 aromatic rings. The summed E-state index contributed by atoms with van der Waals surface area (Å²) in [6, 6.07) is 1.36. The Balaban J connectivity index is 1.87. The van der Waals surface area contributed by atoms with Crippen molar-refractivity contribution >= 4 is 0 Å². The van der Waals surface area contributed by atoms with Crippen molar-refractivity contribution in [2.75, 3.05) is 32.7 Å². The van der Waals surface area contributed by atoms with Crippen LogP contribution >= 0.6 is 0 Å². The predicted molar refractivity (Wildman–Crippen MR) is 101 cm³/mol. The molecule has 2 saturated heterocycles. The van der Waals surface area contributed by atoms with Crippen LogP contribution in [0.25, 0.3) is 0 Å². The molecule has 3 nitrogen and oxygen atoms in total. The van der Waals surface area contributed by atoms with Gasteiger partial charge in [0, 0.05) is 42.8 Å². The Kier molecular flexibility index (Phi) is 5.86. The van der Waals surface area contributed by atoms with E-state index in [9.17, 15) is 0 Å². The molecule has 2 rings (SSSR count). The van der Waals surface area contributed by atoms with Gasteiger partial charge < -0.3 is 0 Å². The van der Waals surface area contributed by atoms with Crippen molar-refractivity contribution in [1.82, 2.24) is 14.7 Å². The van der Waals surface area contributed by atoms with Crippen molar-refractivity contribution in [2.24, 2.45) is 5.92 Å². The minimum atomic E-state index is 0.298. The van der Waals surface area contributed by atoms with Crippen LogP contribution in [0.15, 0.2) is 0 Å². The van der Waals surface area contributed by atoms with Gasteiger partial charge in [-0.2, -0.15) is 0 Å². The molecule has 3 heteroatoms. The Morgan fingerprint density at radius 2 is 1.17 bits per heavy atom. The molecular formula is C20H41N3. The minimum absolute atomic E-state index is 0.298. The monoisotopic (exact) mass is 323 g/mol. The van der Waals surface area contributed by atoms with Crippen LogP contribution in [-0.2, 0) is 0 Å². The lowest BCUT2D eigenvalue weighted by atomic mass is 9.91. The quantitative estimate of drug-likeness (QED) is 0.767. The van der Waals surface area contributed by atoms with E-state index in [0.717, 1.165) is 5.92 Å². The van der Waals surface area contributed by atoms with Crippen molar-refractivity contribution in [2.45, 2.75) is 91.4 Å². The van der Waals surface area contributed by atoms with E-state index in [1.807, 2.05) is 0 Å². The smallest absolute Gasteiger partial charge is 0.0198 e. The number of likely N-dealkylation sites (tertiary alicyclic amines) is 1. The summed E-state index contributed by atoms with van der Waals surface area (Å²) < 4.78 is 0. The molecule has 0 saturated carbocycles. The van der Waals surface area contributed by atoms with Crippen molar-refractivity contribution in [3.05, 3.63) is 0 Å². The van der Waals surface area contributed by atoms with Crippen molar-refractivity contribution in [3.8, 4) is 0 Å². The van der Waals surface area contributed by atoms with Gasteiger partial charge in [0.05, 0.1) is 0 Å². The normalized spacial score (nSPS) is 30.8. The maximum absolute atomic E-state index is 2.79. The third kappa shape index (κ3) is 4.93. The summed E-state index contributed by atoms with van der Waals surface area (Å²) in [6.45, 7) is 25.3. The fourth-order valence-electron chi connectivity index (χ4n) is 4.35. The summed E-state index contributed by atoms with van der Waals surface area (Å²) in [5.74, 6) is 0.889. The zero-order valence-electron chi connectivity index (χ0n) is 17.0. The maximum Gasteiger partial charge on any atom is 0.0198 e. The molecule has 0 unspecified atom stereocenters. The van der Waals surface area contributed by atoms with Gasteiger partial charge in [-0.1, -0.05) is 0 Å². The van der Waals surface area contributed by atoms with Gasteiger partial charge in [-0.05, 0) is 87.2 Å². The Labute approximate surface area is 145 Å².